The first-order valence-corrected chi connectivity index (χ1v) is 8.81. The van der Waals surface area contributed by atoms with Gasteiger partial charge in [0.1, 0.15) is 17.2 Å². The molecule has 0 aromatic heterocycles. The zero-order valence-corrected chi connectivity index (χ0v) is 15.1. The average molecular weight is 363 g/mol. The van der Waals surface area contributed by atoms with Gasteiger partial charge in [0.05, 0.1) is 18.4 Å². The lowest BCUT2D eigenvalue weighted by Crippen LogP contribution is -2.40. The Bertz CT molecular complexity index is 880. The zero-order valence-electron chi connectivity index (χ0n) is 15.1. The van der Waals surface area contributed by atoms with E-state index in [1.165, 1.54) is 0 Å². The molecular formula is C21H21N3O3. The van der Waals surface area contributed by atoms with Crippen molar-refractivity contribution in [3.05, 3.63) is 59.7 Å². The van der Waals surface area contributed by atoms with E-state index < -0.39 is 5.41 Å². The van der Waals surface area contributed by atoms with Gasteiger partial charge in [-0.2, -0.15) is 5.26 Å². The molecule has 27 heavy (non-hydrogen) atoms. The van der Waals surface area contributed by atoms with Crippen LogP contribution in [0.25, 0.3) is 0 Å². The van der Waals surface area contributed by atoms with Crippen LogP contribution in [-0.2, 0) is 16.0 Å². The third-order valence-electron chi connectivity index (χ3n) is 4.77. The van der Waals surface area contributed by atoms with E-state index in [9.17, 15) is 9.59 Å². The van der Waals surface area contributed by atoms with Crippen molar-refractivity contribution < 1.29 is 14.3 Å². The van der Waals surface area contributed by atoms with E-state index in [1.54, 1.807) is 31.4 Å². The molecular weight excluding hydrogens is 342 g/mol. The Balaban J connectivity index is 1.55. The van der Waals surface area contributed by atoms with E-state index in [4.69, 9.17) is 10.00 Å². The standard InChI is InChI=1S/C21H21N3O3/c1-27-17-8-6-15(7-9-17)10-13-23-19(25)21(11-12-21)20(26)24-18-5-3-2-4-16(18)14-22/h2-9H,10-13H2,1H3,(H,23,25)(H,24,26). The predicted molar refractivity (Wildman–Crippen MR) is 101 cm³/mol. The highest BCUT2D eigenvalue weighted by Gasteiger charge is 2.56. The van der Waals surface area contributed by atoms with Crippen LogP contribution in [0.1, 0.15) is 24.0 Å². The van der Waals surface area contributed by atoms with Crippen molar-refractivity contribution in [2.24, 2.45) is 5.41 Å². The number of ether oxygens (including phenoxy) is 1. The SMILES string of the molecule is COc1ccc(CCNC(=O)C2(C(=O)Nc3ccccc3C#N)CC2)cc1. The molecule has 0 radical (unpaired) electrons. The molecule has 1 fully saturated rings. The highest BCUT2D eigenvalue weighted by atomic mass is 16.5. The van der Waals surface area contributed by atoms with E-state index in [2.05, 4.69) is 10.6 Å². The van der Waals surface area contributed by atoms with Gasteiger partial charge in [0.25, 0.3) is 0 Å². The van der Waals surface area contributed by atoms with Gasteiger partial charge in [0, 0.05) is 6.54 Å². The van der Waals surface area contributed by atoms with Crippen molar-refractivity contribution in [2.75, 3.05) is 19.0 Å². The highest BCUT2D eigenvalue weighted by Crippen LogP contribution is 2.47. The number of carbonyl (C=O) groups is 2. The number of carbonyl (C=O) groups excluding carboxylic acids is 2. The zero-order chi connectivity index (χ0) is 19.3. The summed E-state index contributed by atoms with van der Waals surface area (Å²) >= 11 is 0. The molecule has 2 aromatic rings. The minimum Gasteiger partial charge on any atom is -0.497 e. The van der Waals surface area contributed by atoms with Crippen molar-refractivity contribution in [1.82, 2.24) is 5.32 Å². The maximum Gasteiger partial charge on any atom is 0.240 e. The van der Waals surface area contributed by atoms with Crippen molar-refractivity contribution in [2.45, 2.75) is 19.3 Å². The summed E-state index contributed by atoms with van der Waals surface area (Å²) in [6, 6.07) is 16.4. The van der Waals surface area contributed by atoms with E-state index in [0.29, 0.717) is 37.1 Å². The minimum absolute atomic E-state index is 0.261. The Kier molecular flexibility index (Phi) is 5.41. The normalized spacial score (nSPS) is 13.9. The summed E-state index contributed by atoms with van der Waals surface area (Å²) in [7, 11) is 1.62. The van der Waals surface area contributed by atoms with Gasteiger partial charge in [-0.05, 0) is 49.1 Å². The summed E-state index contributed by atoms with van der Waals surface area (Å²) in [6.45, 7) is 0.453. The minimum atomic E-state index is -1.03. The van der Waals surface area contributed by atoms with Gasteiger partial charge in [-0.25, -0.2) is 0 Å². The van der Waals surface area contributed by atoms with Crippen LogP contribution in [-0.4, -0.2) is 25.5 Å². The summed E-state index contributed by atoms with van der Waals surface area (Å²) in [5, 5.41) is 14.7. The molecule has 3 rings (SSSR count). The molecule has 6 nitrogen and oxygen atoms in total. The summed E-state index contributed by atoms with van der Waals surface area (Å²) in [5.41, 5.74) is 0.861. The molecule has 0 aliphatic heterocycles. The molecule has 0 bridgehead atoms. The van der Waals surface area contributed by atoms with Gasteiger partial charge in [0.2, 0.25) is 11.8 Å². The van der Waals surface area contributed by atoms with E-state index in [1.807, 2.05) is 30.3 Å². The molecule has 0 spiro atoms. The number of nitriles is 1. The van der Waals surface area contributed by atoms with Crippen LogP contribution in [0.5, 0.6) is 5.75 Å². The fourth-order valence-corrected chi connectivity index (χ4v) is 2.90. The second-order valence-corrected chi connectivity index (χ2v) is 6.55. The highest BCUT2D eigenvalue weighted by molar-refractivity contribution is 6.13. The van der Waals surface area contributed by atoms with Crippen molar-refractivity contribution in [1.29, 1.82) is 5.26 Å². The fourth-order valence-electron chi connectivity index (χ4n) is 2.90. The molecule has 2 amide bonds. The Hall–Kier alpha value is -3.33. The second-order valence-electron chi connectivity index (χ2n) is 6.55. The number of hydrogen-bond donors (Lipinski definition) is 2. The number of hydrogen-bond acceptors (Lipinski definition) is 4. The van der Waals surface area contributed by atoms with E-state index in [0.717, 1.165) is 11.3 Å². The molecule has 0 heterocycles. The Morgan fingerprint density at radius 2 is 1.81 bits per heavy atom. The number of nitrogens with one attached hydrogen (secondary N) is 2. The number of benzene rings is 2. The number of anilines is 1. The van der Waals surface area contributed by atoms with Crippen molar-refractivity contribution in [3.63, 3.8) is 0 Å². The number of nitrogens with zero attached hydrogens (tertiary/aromatic N) is 1. The third kappa shape index (κ3) is 4.09. The van der Waals surface area contributed by atoms with E-state index >= 15 is 0 Å². The lowest BCUT2D eigenvalue weighted by Gasteiger charge is -2.16. The lowest BCUT2D eigenvalue weighted by molar-refractivity contribution is -0.134. The lowest BCUT2D eigenvalue weighted by atomic mass is 10.0. The van der Waals surface area contributed by atoms with Crippen LogP contribution in [0, 0.1) is 16.7 Å². The van der Waals surface area contributed by atoms with Crippen LogP contribution in [0.4, 0.5) is 5.69 Å². The van der Waals surface area contributed by atoms with Crippen molar-refractivity contribution in [3.8, 4) is 11.8 Å². The third-order valence-corrected chi connectivity index (χ3v) is 4.77. The van der Waals surface area contributed by atoms with Gasteiger partial charge in [0.15, 0.2) is 0 Å². The molecule has 6 heteroatoms. The van der Waals surface area contributed by atoms with E-state index in [-0.39, 0.29) is 11.8 Å². The summed E-state index contributed by atoms with van der Waals surface area (Å²) in [5.74, 6) is 0.170. The molecule has 2 aromatic carbocycles. The topological polar surface area (TPSA) is 91.2 Å². The first kappa shape index (κ1) is 18.5. The van der Waals surface area contributed by atoms with Gasteiger partial charge >= 0.3 is 0 Å². The Labute approximate surface area is 158 Å². The van der Waals surface area contributed by atoms with Crippen LogP contribution < -0.4 is 15.4 Å². The largest absolute Gasteiger partial charge is 0.497 e. The molecule has 0 unspecified atom stereocenters. The summed E-state index contributed by atoms with van der Waals surface area (Å²) in [6.07, 6.45) is 1.70. The molecule has 138 valence electrons. The number of amides is 2. The van der Waals surface area contributed by atoms with Crippen LogP contribution >= 0.6 is 0 Å². The Morgan fingerprint density at radius 3 is 2.44 bits per heavy atom. The molecule has 2 N–H and O–H groups in total. The van der Waals surface area contributed by atoms with Gasteiger partial charge < -0.3 is 15.4 Å². The smallest absolute Gasteiger partial charge is 0.240 e. The van der Waals surface area contributed by atoms with Crippen molar-refractivity contribution >= 4 is 17.5 Å². The monoisotopic (exact) mass is 363 g/mol. The number of para-hydroxylation sites is 1. The van der Waals surface area contributed by atoms with Crippen LogP contribution in [0.3, 0.4) is 0 Å². The molecule has 0 saturated heterocycles. The van der Waals surface area contributed by atoms with Crippen LogP contribution in [0.2, 0.25) is 0 Å². The number of rotatable bonds is 7. The summed E-state index contributed by atoms with van der Waals surface area (Å²) < 4.78 is 5.12. The quantitative estimate of drug-likeness (QED) is 0.740. The van der Waals surface area contributed by atoms with Gasteiger partial charge in [-0.3, -0.25) is 9.59 Å². The fraction of sp³-hybridized carbons (Fsp3) is 0.286. The maximum absolute atomic E-state index is 12.6. The average Bonchev–Trinajstić information content (AvgIpc) is 3.51. The predicted octanol–water partition coefficient (Wildman–Crippen LogP) is 2.64. The molecule has 0 atom stereocenters. The molecule has 1 aliphatic carbocycles. The second kappa shape index (κ2) is 7.92. The summed E-state index contributed by atoms with van der Waals surface area (Å²) in [4.78, 5) is 25.2. The van der Waals surface area contributed by atoms with Crippen LogP contribution in [0.15, 0.2) is 48.5 Å². The van der Waals surface area contributed by atoms with Gasteiger partial charge in [-0.15, -0.1) is 0 Å². The number of methoxy groups -OCH3 is 1. The van der Waals surface area contributed by atoms with Gasteiger partial charge in [-0.1, -0.05) is 24.3 Å². The molecule has 1 saturated carbocycles. The first-order valence-electron chi connectivity index (χ1n) is 8.81. The Morgan fingerprint density at radius 1 is 1.11 bits per heavy atom. The first-order chi connectivity index (χ1) is 13.1. The maximum atomic E-state index is 12.6. The molecule has 1 aliphatic rings.